The predicted molar refractivity (Wildman–Crippen MR) is 80.0 cm³/mol. The lowest BCUT2D eigenvalue weighted by Crippen LogP contribution is -2.57. The molecule has 1 aliphatic carbocycles. The summed E-state index contributed by atoms with van der Waals surface area (Å²) in [5.74, 6) is 0.0954. The zero-order valence-corrected chi connectivity index (χ0v) is 13.0. The van der Waals surface area contributed by atoms with Crippen molar-refractivity contribution in [2.45, 2.75) is 44.4 Å². The number of nitrogens with one attached hydrogen (secondary N) is 1. The summed E-state index contributed by atoms with van der Waals surface area (Å²) >= 11 is 1.98. The molecule has 0 bridgehead atoms. The first-order valence-corrected chi connectivity index (χ1v) is 8.46. The van der Waals surface area contributed by atoms with E-state index < -0.39 is 5.97 Å². The van der Waals surface area contributed by atoms with Crippen molar-refractivity contribution in [2.75, 3.05) is 18.8 Å². The monoisotopic (exact) mass is 300 g/mol. The highest BCUT2D eigenvalue weighted by Gasteiger charge is 2.38. The van der Waals surface area contributed by atoms with Gasteiger partial charge in [-0.05, 0) is 25.0 Å². The quantitative estimate of drug-likeness (QED) is 0.815. The number of carbonyl (C=O) groups excluding carboxylic acids is 1. The molecule has 1 saturated carbocycles. The molecule has 1 saturated heterocycles. The first-order chi connectivity index (χ1) is 9.51. The van der Waals surface area contributed by atoms with Crippen molar-refractivity contribution in [3.63, 3.8) is 0 Å². The van der Waals surface area contributed by atoms with Crippen molar-refractivity contribution in [3.8, 4) is 0 Å². The van der Waals surface area contributed by atoms with Gasteiger partial charge in [-0.15, -0.1) is 0 Å². The van der Waals surface area contributed by atoms with E-state index in [0.29, 0.717) is 24.4 Å². The molecule has 0 aromatic carbocycles. The van der Waals surface area contributed by atoms with Gasteiger partial charge in [-0.25, -0.2) is 4.79 Å². The Hall–Kier alpha value is -0.910. The predicted octanol–water partition coefficient (Wildman–Crippen LogP) is 2.02. The summed E-state index contributed by atoms with van der Waals surface area (Å²) in [4.78, 5) is 24.6. The van der Waals surface area contributed by atoms with E-state index in [1.807, 2.05) is 11.8 Å². The second-order valence-electron chi connectivity index (χ2n) is 5.83. The fourth-order valence-electron chi connectivity index (χ4n) is 2.92. The minimum absolute atomic E-state index is 0.0222. The largest absolute Gasteiger partial charge is 0.481 e. The van der Waals surface area contributed by atoms with Crippen LogP contribution in [0.3, 0.4) is 0 Å². The molecule has 5 nitrogen and oxygen atoms in total. The van der Waals surface area contributed by atoms with Crippen molar-refractivity contribution in [1.29, 1.82) is 0 Å². The zero-order chi connectivity index (χ0) is 14.7. The summed E-state index contributed by atoms with van der Waals surface area (Å²) in [6, 6.07) is 0.272. The Balaban J connectivity index is 1.69. The molecule has 1 aliphatic heterocycles. The van der Waals surface area contributed by atoms with Crippen LogP contribution in [0.15, 0.2) is 0 Å². The first kappa shape index (κ1) is 15.5. The van der Waals surface area contributed by atoms with Crippen molar-refractivity contribution in [1.82, 2.24) is 10.2 Å². The number of urea groups is 1. The van der Waals surface area contributed by atoms with Crippen molar-refractivity contribution in [3.05, 3.63) is 0 Å². The molecule has 2 amide bonds. The average molecular weight is 300 g/mol. The maximum Gasteiger partial charge on any atom is 0.317 e. The molecule has 114 valence electrons. The highest BCUT2D eigenvalue weighted by atomic mass is 32.2. The van der Waals surface area contributed by atoms with Gasteiger partial charge in [0.2, 0.25) is 0 Å². The minimum Gasteiger partial charge on any atom is -0.481 e. The van der Waals surface area contributed by atoms with Crippen LogP contribution in [0.25, 0.3) is 0 Å². The smallest absolute Gasteiger partial charge is 0.317 e. The minimum atomic E-state index is -0.773. The van der Waals surface area contributed by atoms with Gasteiger partial charge in [-0.1, -0.05) is 13.8 Å². The number of thioether (sulfide) groups is 1. The van der Waals surface area contributed by atoms with Crippen LogP contribution in [0.2, 0.25) is 0 Å². The van der Waals surface area contributed by atoms with Gasteiger partial charge in [0.05, 0.1) is 5.92 Å². The first-order valence-electron chi connectivity index (χ1n) is 7.41. The lowest BCUT2D eigenvalue weighted by molar-refractivity contribution is -0.144. The van der Waals surface area contributed by atoms with Gasteiger partial charge in [-0.3, -0.25) is 4.79 Å². The van der Waals surface area contributed by atoms with Gasteiger partial charge in [-0.2, -0.15) is 11.8 Å². The number of amides is 2. The summed E-state index contributed by atoms with van der Waals surface area (Å²) < 4.78 is 0. The normalized spacial score (nSPS) is 28.0. The number of hydrogen-bond acceptors (Lipinski definition) is 3. The average Bonchev–Trinajstić information content (AvgIpc) is 2.74. The van der Waals surface area contributed by atoms with Crippen molar-refractivity contribution in [2.24, 2.45) is 11.8 Å². The molecule has 2 N–H and O–H groups in total. The summed E-state index contributed by atoms with van der Waals surface area (Å²) in [5, 5.41) is 12.7. The van der Waals surface area contributed by atoms with Gasteiger partial charge in [0, 0.05) is 30.3 Å². The fraction of sp³-hybridized carbons (Fsp3) is 0.857. The maximum absolute atomic E-state index is 12.0. The molecule has 0 aromatic rings. The number of nitrogens with zero attached hydrogens (tertiary/aromatic N) is 1. The van der Waals surface area contributed by atoms with Gasteiger partial charge in [0.25, 0.3) is 0 Å². The molecule has 20 heavy (non-hydrogen) atoms. The maximum atomic E-state index is 12.0. The van der Waals surface area contributed by atoms with Crippen LogP contribution in [-0.2, 0) is 4.79 Å². The van der Waals surface area contributed by atoms with Crippen LogP contribution in [0.1, 0.15) is 33.1 Å². The van der Waals surface area contributed by atoms with E-state index in [4.69, 9.17) is 5.11 Å². The van der Waals surface area contributed by atoms with E-state index in [1.54, 1.807) is 11.8 Å². The third-order valence-corrected chi connectivity index (χ3v) is 5.64. The van der Waals surface area contributed by atoms with Crippen LogP contribution in [0.4, 0.5) is 4.79 Å². The lowest BCUT2D eigenvalue weighted by Gasteiger charge is -2.41. The van der Waals surface area contributed by atoms with E-state index in [2.05, 4.69) is 12.2 Å². The molecule has 6 heteroatoms. The molecule has 1 heterocycles. The molecule has 3 atom stereocenters. The number of rotatable bonds is 5. The lowest BCUT2D eigenvalue weighted by atomic mass is 9.87. The Morgan fingerprint density at radius 3 is 2.70 bits per heavy atom. The Morgan fingerprint density at radius 2 is 2.10 bits per heavy atom. The van der Waals surface area contributed by atoms with Crippen LogP contribution in [0.5, 0.6) is 0 Å². The summed E-state index contributed by atoms with van der Waals surface area (Å²) in [5.41, 5.74) is 0. The second kappa shape index (κ2) is 6.70. The van der Waals surface area contributed by atoms with Gasteiger partial charge in [0.1, 0.15) is 0 Å². The summed E-state index contributed by atoms with van der Waals surface area (Å²) in [6.45, 7) is 5.02. The van der Waals surface area contributed by atoms with E-state index in [1.165, 1.54) is 6.42 Å². The molecular formula is C14H24N2O3S. The van der Waals surface area contributed by atoms with E-state index in [-0.39, 0.29) is 17.9 Å². The highest BCUT2D eigenvalue weighted by molar-refractivity contribution is 7.99. The third kappa shape index (κ3) is 3.59. The Bertz CT molecular complexity index is 371. The standard InChI is InChI=1S/C14H24N2O3S/c1-3-20-12-5-4-11(6-12)15-14(19)16-7-10(8-16)9(2)13(17)18/h9-12H,3-8H2,1-2H3,(H,15,19)(H,17,18). The Kier molecular flexibility index (Phi) is 5.18. The van der Waals surface area contributed by atoms with E-state index >= 15 is 0 Å². The molecule has 2 rings (SSSR count). The Morgan fingerprint density at radius 1 is 1.40 bits per heavy atom. The number of carboxylic acid groups (broad SMARTS) is 1. The highest BCUT2D eigenvalue weighted by Crippen LogP contribution is 2.30. The SMILES string of the molecule is CCSC1CCC(NC(=O)N2CC(C(C)C(=O)O)C2)C1. The molecule has 2 aliphatic rings. The summed E-state index contributed by atoms with van der Waals surface area (Å²) in [6.07, 6.45) is 3.31. The molecule has 0 radical (unpaired) electrons. The third-order valence-electron chi connectivity index (χ3n) is 4.41. The van der Waals surface area contributed by atoms with Crippen molar-refractivity contribution < 1.29 is 14.7 Å². The van der Waals surface area contributed by atoms with E-state index in [0.717, 1.165) is 18.6 Å². The zero-order valence-electron chi connectivity index (χ0n) is 12.2. The van der Waals surface area contributed by atoms with Crippen LogP contribution in [0, 0.1) is 11.8 Å². The number of hydrogen-bond donors (Lipinski definition) is 2. The molecule has 0 aromatic heterocycles. The van der Waals surface area contributed by atoms with Crippen LogP contribution in [-0.4, -0.2) is 52.1 Å². The van der Waals surface area contributed by atoms with Gasteiger partial charge in [0.15, 0.2) is 0 Å². The Labute approximate surface area is 124 Å². The van der Waals surface area contributed by atoms with E-state index in [9.17, 15) is 9.59 Å². The number of carboxylic acids is 1. The van der Waals surface area contributed by atoms with Crippen LogP contribution >= 0.6 is 11.8 Å². The molecule has 3 unspecified atom stereocenters. The number of likely N-dealkylation sites (tertiary alicyclic amines) is 1. The topological polar surface area (TPSA) is 69.6 Å². The van der Waals surface area contributed by atoms with Gasteiger partial charge < -0.3 is 15.3 Å². The second-order valence-corrected chi connectivity index (χ2v) is 7.41. The number of aliphatic carboxylic acids is 1. The molecular weight excluding hydrogens is 276 g/mol. The summed E-state index contributed by atoms with van der Waals surface area (Å²) in [7, 11) is 0. The molecule has 0 spiro atoms. The fourth-order valence-corrected chi connectivity index (χ4v) is 4.06. The number of carbonyl (C=O) groups is 2. The molecule has 2 fully saturated rings. The van der Waals surface area contributed by atoms with Crippen molar-refractivity contribution >= 4 is 23.8 Å². The van der Waals surface area contributed by atoms with Gasteiger partial charge >= 0.3 is 12.0 Å². The van der Waals surface area contributed by atoms with Crippen LogP contribution < -0.4 is 5.32 Å².